The number of pyridine rings is 1. The van der Waals surface area contributed by atoms with Crippen molar-refractivity contribution in [2.75, 3.05) is 19.6 Å². The third kappa shape index (κ3) is 2.32. The van der Waals surface area contributed by atoms with E-state index in [-0.39, 0.29) is 0 Å². The first-order chi connectivity index (χ1) is 9.85. The van der Waals surface area contributed by atoms with Crippen LogP contribution in [0.5, 0.6) is 0 Å². The van der Waals surface area contributed by atoms with Crippen molar-refractivity contribution in [3.8, 4) is 0 Å². The van der Waals surface area contributed by atoms with E-state index >= 15 is 0 Å². The standard InChI is InChI=1S/C17H23N3/c1-2-8-20-9-7-13(10-18)17(20)16-12-19-11-14-5-3-4-6-15(14)16/h3-6,11-13,17H,2,7-10,18H2,1H3. The monoisotopic (exact) mass is 269 g/mol. The zero-order valence-electron chi connectivity index (χ0n) is 12.1. The Morgan fingerprint density at radius 1 is 1.30 bits per heavy atom. The Morgan fingerprint density at radius 3 is 2.95 bits per heavy atom. The van der Waals surface area contributed by atoms with Gasteiger partial charge >= 0.3 is 0 Å². The highest BCUT2D eigenvalue weighted by molar-refractivity contribution is 5.85. The van der Waals surface area contributed by atoms with Gasteiger partial charge in [-0.15, -0.1) is 0 Å². The van der Waals surface area contributed by atoms with Crippen LogP contribution >= 0.6 is 0 Å². The molecule has 0 spiro atoms. The maximum Gasteiger partial charge on any atom is 0.0410 e. The van der Waals surface area contributed by atoms with Crippen molar-refractivity contribution in [2.24, 2.45) is 11.7 Å². The topological polar surface area (TPSA) is 42.1 Å². The first kappa shape index (κ1) is 13.5. The van der Waals surface area contributed by atoms with Gasteiger partial charge in [0.15, 0.2) is 0 Å². The average Bonchev–Trinajstić information content (AvgIpc) is 2.90. The number of fused-ring (bicyclic) bond motifs is 1. The Bertz CT molecular complexity index is 576. The van der Waals surface area contributed by atoms with Gasteiger partial charge in [0, 0.05) is 23.8 Å². The fourth-order valence-corrected chi connectivity index (χ4v) is 3.54. The van der Waals surface area contributed by atoms with Crippen LogP contribution in [0, 0.1) is 5.92 Å². The van der Waals surface area contributed by atoms with Crippen molar-refractivity contribution in [1.82, 2.24) is 9.88 Å². The lowest BCUT2D eigenvalue weighted by Gasteiger charge is -2.28. The van der Waals surface area contributed by atoms with Crippen LogP contribution in [0.4, 0.5) is 0 Å². The lowest BCUT2D eigenvalue weighted by Crippen LogP contribution is -2.29. The van der Waals surface area contributed by atoms with Gasteiger partial charge in [-0.3, -0.25) is 9.88 Å². The molecule has 1 aliphatic rings. The van der Waals surface area contributed by atoms with Crippen molar-refractivity contribution in [2.45, 2.75) is 25.8 Å². The second-order valence-electron chi connectivity index (χ2n) is 5.72. The maximum absolute atomic E-state index is 6.02. The second kappa shape index (κ2) is 5.90. The van der Waals surface area contributed by atoms with E-state index in [0.717, 1.165) is 19.6 Å². The number of hydrogen-bond donors (Lipinski definition) is 1. The summed E-state index contributed by atoms with van der Waals surface area (Å²) in [5.41, 5.74) is 7.37. The summed E-state index contributed by atoms with van der Waals surface area (Å²) in [5.74, 6) is 0.550. The first-order valence-electron chi connectivity index (χ1n) is 7.62. The Morgan fingerprint density at radius 2 is 2.15 bits per heavy atom. The van der Waals surface area contributed by atoms with Crippen molar-refractivity contribution in [1.29, 1.82) is 0 Å². The summed E-state index contributed by atoms with van der Waals surface area (Å²) in [7, 11) is 0. The summed E-state index contributed by atoms with van der Waals surface area (Å²) in [6, 6.07) is 8.97. The summed E-state index contributed by atoms with van der Waals surface area (Å²) in [6.45, 7) is 5.30. The molecule has 3 rings (SSSR count). The highest BCUT2D eigenvalue weighted by atomic mass is 15.2. The summed E-state index contributed by atoms with van der Waals surface area (Å²) in [6.07, 6.45) is 6.38. The quantitative estimate of drug-likeness (QED) is 0.928. The van der Waals surface area contributed by atoms with E-state index in [0.29, 0.717) is 12.0 Å². The van der Waals surface area contributed by atoms with Gasteiger partial charge in [0.2, 0.25) is 0 Å². The van der Waals surface area contributed by atoms with Crippen LogP contribution in [0.2, 0.25) is 0 Å². The summed E-state index contributed by atoms with van der Waals surface area (Å²) in [4.78, 5) is 7.04. The molecule has 0 radical (unpaired) electrons. The molecular formula is C17H23N3. The number of likely N-dealkylation sites (tertiary alicyclic amines) is 1. The number of nitrogens with zero attached hydrogens (tertiary/aromatic N) is 2. The van der Waals surface area contributed by atoms with Crippen LogP contribution in [0.1, 0.15) is 31.4 Å². The number of benzene rings is 1. The molecule has 2 heterocycles. The number of nitrogens with two attached hydrogens (primary N) is 1. The normalized spacial score (nSPS) is 23.5. The minimum Gasteiger partial charge on any atom is -0.330 e. The van der Waals surface area contributed by atoms with Crippen molar-refractivity contribution < 1.29 is 0 Å². The van der Waals surface area contributed by atoms with Gasteiger partial charge in [0.25, 0.3) is 0 Å². The molecule has 1 aromatic heterocycles. The molecule has 2 aromatic rings. The van der Waals surface area contributed by atoms with E-state index in [1.807, 2.05) is 12.4 Å². The molecular weight excluding hydrogens is 246 g/mol. The molecule has 3 nitrogen and oxygen atoms in total. The zero-order valence-corrected chi connectivity index (χ0v) is 12.1. The van der Waals surface area contributed by atoms with E-state index < -0.39 is 0 Å². The highest BCUT2D eigenvalue weighted by Crippen LogP contribution is 2.39. The van der Waals surface area contributed by atoms with Crippen LogP contribution in [0.25, 0.3) is 10.8 Å². The Balaban J connectivity index is 2.07. The van der Waals surface area contributed by atoms with E-state index in [2.05, 4.69) is 41.1 Å². The predicted octanol–water partition coefficient (Wildman–Crippen LogP) is 2.97. The highest BCUT2D eigenvalue weighted by Gasteiger charge is 2.34. The molecule has 0 bridgehead atoms. The number of aromatic nitrogens is 1. The number of hydrogen-bond acceptors (Lipinski definition) is 3. The van der Waals surface area contributed by atoms with E-state index in [9.17, 15) is 0 Å². The minimum absolute atomic E-state index is 0.429. The molecule has 1 fully saturated rings. The predicted molar refractivity (Wildman–Crippen MR) is 83.5 cm³/mol. The van der Waals surface area contributed by atoms with Crippen molar-refractivity contribution in [3.05, 3.63) is 42.2 Å². The molecule has 0 aliphatic carbocycles. The molecule has 0 saturated carbocycles. The molecule has 1 aliphatic heterocycles. The molecule has 20 heavy (non-hydrogen) atoms. The molecule has 3 heteroatoms. The fourth-order valence-electron chi connectivity index (χ4n) is 3.54. The lowest BCUT2D eigenvalue weighted by molar-refractivity contribution is 0.231. The fraction of sp³-hybridized carbons (Fsp3) is 0.471. The first-order valence-corrected chi connectivity index (χ1v) is 7.62. The summed E-state index contributed by atoms with van der Waals surface area (Å²) >= 11 is 0. The second-order valence-corrected chi connectivity index (χ2v) is 5.72. The van der Waals surface area contributed by atoms with Crippen LogP contribution in [0.3, 0.4) is 0 Å². The summed E-state index contributed by atoms with van der Waals surface area (Å²) in [5, 5.41) is 2.55. The minimum atomic E-state index is 0.429. The van der Waals surface area contributed by atoms with Gasteiger partial charge in [-0.2, -0.15) is 0 Å². The largest absolute Gasteiger partial charge is 0.330 e. The molecule has 1 aromatic carbocycles. The van der Waals surface area contributed by atoms with Crippen LogP contribution in [0.15, 0.2) is 36.7 Å². The van der Waals surface area contributed by atoms with Crippen LogP contribution < -0.4 is 5.73 Å². The van der Waals surface area contributed by atoms with E-state index in [1.165, 1.54) is 29.2 Å². The summed E-state index contributed by atoms with van der Waals surface area (Å²) < 4.78 is 0. The maximum atomic E-state index is 6.02. The van der Waals surface area contributed by atoms with Crippen molar-refractivity contribution >= 4 is 10.8 Å². The SMILES string of the molecule is CCCN1CCC(CN)C1c1cncc2ccccc12. The zero-order chi connectivity index (χ0) is 13.9. The Hall–Kier alpha value is -1.45. The molecule has 2 atom stereocenters. The van der Waals surface area contributed by atoms with Gasteiger partial charge in [0.05, 0.1) is 0 Å². The molecule has 0 amide bonds. The van der Waals surface area contributed by atoms with Crippen molar-refractivity contribution in [3.63, 3.8) is 0 Å². The molecule has 2 N–H and O–H groups in total. The molecule has 1 saturated heterocycles. The van der Waals surface area contributed by atoms with Gasteiger partial charge in [-0.25, -0.2) is 0 Å². The molecule has 106 valence electrons. The third-order valence-electron chi connectivity index (χ3n) is 4.46. The number of rotatable bonds is 4. The smallest absolute Gasteiger partial charge is 0.0410 e. The van der Waals surface area contributed by atoms with Gasteiger partial charge < -0.3 is 5.73 Å². The third-order valence-corrected chi connectivity index (χ3v) is 4.46. The van der Waals surface area contributed by atoms with Gasteiger partial charge in [0.1, 0.15) is 0 Å². The van der Waals surface area contributed by atoms with Crippen LogP contribution in [-0.2, 0) is 0 Å². The molecule has 2 unspecified atom stereocenters. The Kier molecular flexibility index (Phi) is 3.99. The van der Waals surface area contributed by atoms with Gasteiger partial charge in [-0.1, -0.05) is 31.2 Å². The van der Waals surface area contributed by atoms with Crippen LogP contribution in [-0.4, -0.2) is 29.5 Å². The Labute approximate surface area is 120 Å². The van der Waals surface area contributed by atoms with Gasteiger partial charge in [-0.05, 0) is 49.3 Å². The lowest BCUT2D eigenvalue weighted by atomic mass is 9.91. The average molecular weight is 269 g/mol. The van der Waals surface area contributed by atoms with E-state index in [1.54, 1.807) is 0 Å². The van der Waals surface area contributed by atoms with E-state index in [4.69, 9.17) is 5.73 Å².